The topological polar surface area (TPSA) is 59.4 Å². The second-order valence-electron chi connectivity index (χ2n) is 5.84. The van der Waals surface area contributed by atoms with Gasteiger partial charge in [0, 0.05) is 34.5 Å². The number of amides is 1. The number of nitrogens with zero attached hydrogens (tertiary/aromatic N) is 3. The van der Waals surface area contributed by atoms with Crippen molar-refractivity contribution < 1.29 is 4.79 Å². The Kier molecular flexibility index (Phi) is 4.56. The van der Waals surface area contributed by atoms with E-state index >= 15 is 0 Å². The lowest BCUT2D eigenvalue weighted by Crippen LogP contribution is -2.38. The van der Waals surface area contributed by atoms with Crippen molar-refractivity contribution in [3.63, 3.8) is 0 Å². The van der Waals surface area contributed by atoms with Gasteiger partial charge in [-0.05, 0) is 50.3 Å². The average molecular weight is 385 g/mol. The Morgan fingerprint density at radius 1 is 1.38 bits per heavy atom. The maximum absolute atomic E-state index is 13.1. The minimum Gasteiger partial charge on any atom is -0.306 e. The SMILES string of the molecule is CC(C)N(C(=O)C1=CC2=C(Br)CNN2C=C1)c1ccc(C#N)cc1. The van der Waals surface area contributed by atoms with E-state index in [1.54, 1.807) is 17.0 Å². The van der Waals surface area contributed by atoms with Crippen LogP contribution in [0.3, 0.4) is 0 Å². The first-order valence-electron chi connectivity index (χ1n) is 7.66. The molecule has 1 aromatic rings. The Morgan fingerprint density at radius 3 is 2.71 bits per heavy atom. The number of anilines is 1. The van der Waals surface area contributed by atoms with Gasteiger partial charge in [0.1, 0.15) is 0 Å². The van der Waals surface area contributed by atoms with Crippen molar-refractivity contribution in [1.29, 1.82) is 5.26 Å². The van der Waals surface area contributed by atoms with Gasteiger partial charge in [-0.2, -0.15) is 5.26 Å². The quantitative estimate of drug-likeness (QED) is 0.869. The first kappa shape index (κ1) is 16.5. The zero-order valence-electron chi connectivity index (χ0n) is 13.5. The lowest BCUT2D eigenvalue weighted by Gasteiger charge is -2.29. The van der Waals surface area contributed by atoms with Crippen molar-refractivity contribution in [2.24, 2.45) is 0 Å². The summed E-state index contributed by atoms with van der Waals surface area (Å²) in [7, 11) is 0. The van der Waals surface area contributed by atoms with Crippen LogP contribution in [0.5, 0.6) is 0 Å². The first-order valence-corrected chi connectivity index (χ1v) is 8.45. The van der Waals surface area contributed by atoms with Crippen molar-refractivity contribution >= 4 is 27.5 Å². The molecule has 3 rings (SSSR count). The molecule has 1 amide bonds. The van der Waals surface area contributed by atoms with Crippen molar-refractivity contribution in [2.75, 3.05) is 11.4 Å². The fraction of sp³-hybridized carbons (Fsp3) is 0.222. The van der Waals surface area contributed by atoms with Crippen LogP contribution in [0.15, 0.2) is 58.4 Å². The van der Waals surface area contributed by atoms with Crippen molar-refractivity contribution in [1.82, 2.24) is 10.4 Å². The molecule has 0 aromatic heterocycles. The van der Waals surface area contributed by atoms with Gasteiger partial charge in [-0.15, -0.1) is 0 Å². The second kappa shape index (κ2) is 6.63. The summed E-state index contributed by atoms with van der Waals surface area (Å²) in [6.45, 7) is 4.66. The Hall–Kier alpha value is -2.36. The van der Waals surface area contributed by atoms with Gasteiger partial charge in [0.25, 0.3) is 5.91 Å². The molecule has 0 unspecified atom stereocenters. The van der Waals surface area contributed by atoms with Crippen LogP contribution in [0.1, 0.15) is 19.4 Å². The minimum absolute atomic E-state index is 0.00288. The van der Waals surface area contributed by atoms with Gasteiger partial charge in [0.05, 0.1) is 17.3 Å². The van der Waals surface area contributed by atoms with E-state index < -0.39 is 0 Å². The summed E-state index contributed by atoms with van der Waals surface area (Å²) in [4.78, 5) is 14.8. The van der Waals surface area contributed by atoms with Crippen LogP contribution in [0.25, 0.3) is 0 Å². The third kappa shape index (κ3) is 3.01. The Labute approximate surface area is 149 Å². The van der Waals surface area contributed by atoms with Crippen LogP contribution in [-0.4, -0.2) is 23.5 Å². The first-order chi connectivity index (χ1) is 11.5. The molecule has 0 aliphatic carbocycles. The highest BCUT2D eigenvalue weighted by Crippen LogP contribution is 2.28. The zero-order valence-corrected chi connectivity index (χ0v) is 15.0. The summed E-state index contributed by atoms with van der Waals surface area (Å²) < 4.78 is 1.02. The molecule has 6 heteroatoms. The van der Waals surface area contributed by atoms with Crippen molar-refractivity contribution in [3.8, 4) is 6.07 Å². The van der Waals surface area contributed by atoms with Gasteiger partial charge in [0.2, 0.25) is 0 Å². The Bertz CT molecular complexity index is 799. The predicted octanol–water partition coefficient (Wildman–Crippen LogP) is 3.18. The van der Waals surface area contributed by atoms with Crippen molar-refractivity contribution in [2.45, 2.75) is 19.9 Å². The number of carbonyl (C=O) groups is 1. The van der Waals surface area contributed by atoms with E-state index in [4.69, 9.17) is 5.26 Å². The third-order valence-electron chi connectivity index (χ3n) is 3.89. The summed E-state index contributed by atoms with van der Waals surface area (Å²) in [6.07, 6.45) is 5.54. The number of hydrazine groups is 1. The van der Waals surface area contributed by atoms with Crippen LogP contribution in [0, 0.1) is 11.3 Å². The van der Waals surface area contributed by atoms with E-state index in [1.165, 1.54) is 0 Å². The molecule has 1 aromatic carbocycles. The molecule has 0 atom stereocenters. The number of nitriles is 1. The summed E-state index contributed by atoms with van der Waals surface area (Å²) in [5.74, 6) is -0.0645. The number of allylic oxidation sites excluding steroid dienone is 1. The Morgan fingerprint density at radius 2 is 2.08 bits per heavy atom. The predicted molar refractivity (Wildman–Crippen MR) is 96.8 cm³/mol. The number of nitrogens with one attached hydrogen (secondary N) is 1. The van der Waals surface area contributed by atoms with Gasteiger partial charge in [-0.3, -0.25) is 9.80 Å². The molecule has 0 bridgehead atoms. The van der Waals surface area contributed by atoms with E-state index in [0.717, 1.165) is 15.9 Å². The van der Waals surface area contributed by atoms with Crippen LogP contribution in [0.4, 0.5) is 5.69 Å². The number of carbonyl (C=O) groups excluding carboxylic acids is 1. The van der Waals surface area contributed by atoms with E-state index in [2.05, 4.69) is 27.4 Å². The fourth-order valence-corrected chi connectivity index (χ4v) is 3.14. The van der Waals surface area contributed by atoms with Gasteiger partial charge in [-0.1, -0.05) is 15.9 Å². The molecule has 0 spiro atoms. The number of fused-ring (bicyclic) bond motifs is 1. The van der Waals surface area contributed by atoms with E-state index in [0.29, 0.717) is 17.7 Å². The van der Waals surface area contributed by atoms with E-state index in [9.17, 15) is 4.79 Å². The lowest BCUT2D eigenvalue weighted by atomic mass is 10.1. The molecule has 0 fully saturated rings. The lowest BCUT2D eigenvalue weighted by molar-refractivity contribution is -0.115. The molecule has 24 heavy (non-hydrogen) atoms. The number of hydrogen-bond acceptors (Lipinski definition) is 4. The third-order valence-corrected chi connectivity index (χ3v) is 4.58. The fourth-order valence-electron chi connectivity index (χ4n) is 2.71. The molecule has 0 saturated heterocycles. The molecule has 5 nitrogen and oxygen atoms in total. The maximum atomic E-state index is 13.1. The van der Waals surface area contributed by atoms with Crippen LogP contribution in [-0.2, 0) is 4.79 Å². The van der Waals surface area contributed by atoms with Gasteiger partial charge < -0.3 is 4.90 Å². The molecule has 122 valence electrons. The number of benzene rings is 1. The number of halogens is 1. The monoisotopic (exact) mass is 384 g/mol. The van der Waals surface area contributed by atoms with E-state index in [1.807, 2.05) is 49.3 Å². The summed E-state index contributed by atoms with van der Waals surface area (Å²) in [5.41, 5.74) is 6.12. The number of rotatable bonds is 3. The van der Waals surface area contributed by atoms with Gasteiger partial charge in [0.15, 0.2) is 0 Å². The van der Waals surface area contributed by atoms with Gasteiger partial charge in [-0.25, -0.2) is 5.43 Å². The second-order valence-corrected chi connectivity index (χ2v) is 6.80. The number of hydrogen-bond donors (Lipinski definition) is 1. The maximum Gasteiger partial charge on any atom is 0.258 e. The van der Waals surface area contributed by atoms with E-state index in [-0.39, 0.29) is 11.9 Å². The normalized spacial score (nSPS) is 16.1. The van der Waals surface area contributed by atoms with Crippen molar-refractivity contribution in [3.05, 3.63) is 63.9 Å². The minimum atomic E-state index is -0.0645. The van der Waals surface area contributed by atoms with Crippen LogP contribution >= 0.6 is 15.9 Å². The molecule has 2 aliphatic rings. The molecule has 2 heterocycles. The molecule has 1 N–H and O–H groups in total. The molecular formula is C18H17BrN4O. The zero-order chi connectivity index (χ0) is 17.3. The summed E-state index contributed by atoms with van der Waals surface area (Å²) >= 11 is 3.52. The molecular weight excluding hydrogens is 368 g/mol. The highest BCUT2D eigenvalue weighted by Gasteiger charge is 2.26. The highest BCUT2D eigenvalue weighted by atomic mass is 79.9. The largest absolute Gasteiger partial charge is 0.306 e. The summed E-state index contributed by atoms with van der Waals surface area (Å²) in [5, 5.41) is 10.8. The van der Waals surface area contributed by atoms with Crippen LogP contribution in [0.2, 0.25) is 0 Å². The molecule has 0 saturated carbocycles. The van der Waals surface area contributed by atoms with Gasteiger partial charge >= 0.3 is 0 Å². The molecule has 2 aliphatic heterocycles. The smallest absolute Gasteiger partial charge is 0.258 e. The van der Waals surface area contributed by atoms with Crippen LogP contribution < -0.4 is 10.3 Å². The Balaban J connectivity index is 1.93. The average Bonchev–Trinajstić information content (AvgIpc) is 2.96. The highest BCUT2D eigenvalue weighted by molar-refractivity contribution is 9.11. The molecule has 0 radical (unpaired) electrons. The summed E-state index contributed by atoms with van der Waals surface area (Å²) in [6, 6.07) is 9.16. The standard InChI is InChI=1S/C18H17BrN4O/c1-12(2)23(15-5-3-13(10-20)4-6-15)18(24)14-7-8-22-17(9-14)16(19)11-21-22/h3-9,12,21H,11H2,1-2H3.